The van der Waals surface area contributed by atoms with E-state index in [0.29, 0.717) is 0 Å². The van der Waals surface area contributed by atoms with Gasteiger partial charge in [-0.15, -0.1) is 0 Å². The maximum Gasteiger partial charge on any atom is 0.140 e. The van der Waals surface area contributed by atoms with E-state index in [2.05, 4.69) is 33.1 Å². The predicted molar refractivity (Wildman–Crippen MR) is 62.5 cm³/mol. The average molecular weight is 168 g/mol. The van der Waals surface area contributed by atoms with Crippen LogP contribution < -0.4 is 10.4 Å². The second-order valence-electron chi connectivity index (χ2n) is 2.88. The van der Waals surface area contributed by atoms with Gasteiger partial charge in [0.2, 0.25) is 0 Å². The van der Waals surface area contributed by atoms with Crippen molar-refractivity contribution in [2.75, 3.05) is 0 Å². The van der Waals surface area contributed by atoms with Crippen LogP contribution in [0.2, 0.25) is 0 Å². The second kappa shape index (κ2) is 4.51. The van der Waals surface area contributed by atoms with Crippen LogP contribution in [-0.2, 0) is 0 Å². The summed E-state index contributed by atoms with van der Waals surface area (Å²) in [6, 6.07) is 8.22. The molecule has 1 rings (SSSR count). The molecular formula is C12H13B. The van der Waals surface area contributed by atoms with Crippen LogP contribution in [0, 0.1) is 0 Å². The molecule has 0 spiro atoms. The average Bonchev–Trinajstić information content (AvgIpc) is 2.18. The van der Waals surface area contributed by atoms with Gasteiger partial charge in [0, 0.05) is 0 Å². The van der Waals surface area contributed by atoms with E-state index in [9.17, 15) is 0 Å². The number of benzene rings is 1. The zero-order valence-electron chi connectivity index (χ0n) is 7.96. The summed E-state index contributed by atoms with van der Waals surface area (Å²) in [6.07, 6.45) is 5.67. The highest BCUT2D eigenvalue weighted by atomic mass is 13.9. The van der Waals surface area contributed by atoms with Crippen molar-refractivity contribution in [3.63, 3.8) is 0 Å². The standard InChI is InChI=1S/C12H13B/c1-3-7-10-8-5-6-9-11(10)12(13)4-2/h3-9H,1-2,13H2/b10-7-,12-11+. The summed E-state index contributed by atoms with van der Waals surface area (Å²) in [7, 11) is 2.06. The van der Waals surface area contributed by atoms with Gasteiger partial charge in [0.1, 0.15) is 7.85 Å². The van der Waals surface area contributed by atoms with E-state index in [4.69, 9.17) is 0 Å². The Balaban J connectivity index is 3.64. The lowest BCUT2D eigenvalue weighted by atomic mass is 9.92. The number of rotatable bonds is 2. The van der Waals surface area contributed by atoms with Crippen molar-refractivity contribution in [2.45, 2.75) is 0 Å². The van der Waals surface area contributed by atoms with Crippen molar-refractivity contribution in [3.8, 4) is 0 Å². The van der Waals surface area contributed by atoms with Gasteiger partial charge < -0.3 is 0 Å². The van der Waals surface area contributed by atoms with E-state index in [1.165, 1.54) is 15.9 Å². The summed E-state index contributed by atoms with van der Waals surface area (Å²) in [5.74, 6) is 0. The van der Waals surface area contributed by atoms with Crippen molar-refractivity contribution in [3.05, 3.63) is 60.0 Å². The molecule has 13 heavy (non-hydrogen) atoms. The Bertz CT molecular complexity index is 427. The molecule has 1 aromatic carbocycles. The first kappa shape index (κ1) is 9.59. The maximum absolute atomic E-state index is 3.76. The fraction of sp³-hybridized carbons (Fsp3) is 0. The monoisotopic (exact) mass is 168 g/mol. The molecule has 0 bridgehead atoms. The van der Waals surface area contributed by atoms with Crippen molar-refractivity contribution in [1.29, 1.82) is 0 Å². The first-order valence-corrected chi connectivity index (χ1v) is 4.30. The van der Waals surface area contributed by atoms with E-state index in [1.54, 1.807) is 6.08 Å². The highest BCUT2D eigenvalue weighted by Gasteiger charge is 1.86. The molecule has 1 heteroatoms. The highest BCUT2D eigenvalue weighted by Crippen LogP contribution is 1.83. The Morgan fingerprint density at radius 1 is 1.23 bits per heavy atom. The van der Waals surface area contributed by atoms with E-state index in [1.807, 2.05) is 24.3 Å². The van der Waals surface area contributed by atoms with E-state index < -0.39 is 0 Å². The topological polar surface area (TPSA) is 0 Å². The van der Waals surface area contributed by atoms with Crippen LogP contribution in [0.15, 0.2) is 49.6 Å². The van der Waals surface area contributed by atoms with Crippen LogP contribution in [0.25, 0.3) is 11.5 Å². The van der Waals surface area contributed by atoms with E-state index in [0.717, 1.165) is 0 Å². The largest absolute Gasteiger partial charge is 0.140 e. The molecule has 0 radical (unpaired) electrons. The first-order chi connectivity index (χ1) is 6.29. The summed E-state index contributed by atoms with van der Waals surface area (Å²) in [6.45, 7) is 7.45. The molecule has 0 aliphatic heterocycles. The quantitative estimate of drug-likeness (QED) is 0.566. The second-order valence-corrected chi connectivity index (χ2v) is 2.88. The third-order valence-corrected chi connectivity index (χ3v) is 1.99. The molecule has 1 aromatic rings. The third kappa shape index (κ3) is 2.22. The normalized spacial score (nSPS) is 13.7. The lowest BCUT2D eigenvalue weighted by Gasteiger charge is -1.93. The van der Waals surface area contributed by atoms with Crippen molar-refractivity contribution < 1.29 is 0 Å². The van der Waals surface area contributed by atoms with Crippen LogP contribution in [0.3, 0.4) is 0 Å². The molecular weight excluding hydrogens is 155 g/mol. The Labute approximate surface area is 80.0 Å². The summed E-state index contributed by atoms with van der Waals surface area (Å²) in [4.78, 5) is 0. The van der Waals surface area contributed by atoms with Gasteiger partial charge in [0.15, 0.2) is 0 Å². The van der Waals surface area contributed by atoms with Crippen molar-refractivity contribution >= 4 is 19.4 Å². The van der Waals surface area contributed by atoms with E-state index >= 15 is 0 Å². The molecule has 0 atom stereocenters. The predicted octanol–water partition coefficient (Wildman–Crippen LogP) is 0.580. The van der Waals surface area contributed by atoms with Crippen LogP contribution >= 0.6 is 0 Å². The van der Waals surface area contributed by atoms with Gasteiger partial charge >= 0.3 is 0 Å². The molecule has 0 aliphatic rings. The third-order valence-electron chi connectivity index (χ3n) is 1.99. The van der Waals surface area contributed by atoms with Crippen molar-refractivity contribution in [2.24, 2.45) is 0 Å². The fourth-order valence-corrected chi connectivity index (χ4v) is 1.24. The maximum atomic E-state index is 3.76. The Kier molecular flexibility index (Phi) is 3.33. The van der Waals surface area contributed by atoms with Crippen molar-refractivity contribution in [1.82, 2.24) is 0 Å². The van der Waals surface area contributed by atoms with Crippen LogP contribution in [0.5, 0.6) is 0 Å². The highest BCUT2D eigenvalue weighted by molar-refractivity contribution is 6.40. The lowest BCUT2D eigenvalue weighted by Crippen LogP contribution is -2.25. The van der Waals surface area contributed by atoms with Gasteiger partial charge in [-0.3, -0.25) is 0 Å². The van der Waals surface area contributed by atoms with Crippen LogP contribution in [0.1, 0.15) is 0 Å². The van der Waals surface area contributed by atoms with Crippen LogP contribution in [0.4, 0.5) is 0 Å². The molecule has 0 saturated heterocycles. The minimum atomic E-state index is 1.19. The van der Waals surface area contributed by atoms with Gasteiger partial charge in [-0.2, -0.15) is 0 Å². The zero-order valence-corrected chi connectivity index (χ0v) is 7.96. The zero-order chi connectivity index (χ0) is 9.68. The molecule has 0 aliphatic carbocycles. The molecule has 64 valence electrons. The van der Waals surface area contributed by atoms with Gasteiger partial charge in [0.05, 0.1) is 0 Å². The fourth-order valence-electron chi connectivity index (χ4n) is 1.24. The molecule has 0 heterocycles. The Morgan fingerprint density at radius 3 is 2.54 bits per heavy atom. The molecule has 0 aromatic heterocycles. The summed E-state index contributed by atoms with van der Waals surface area (Å²) < 4.78 is 0. The summed E-state index contributed by atoms with van der Waals surface area (Å²) in [5, 5.41) is 2.41. The molecule has 0 saturated carbocycles. The first-order valence-electron chi connectivity index (χ1n) is 4.30. The number of allylic oxidation sites excluding steroid dienone is 2. The Morgan fingerprint density at radius 2 is 1.92 bits per heavy atom. The SMILES string of the molecule is B/C(C=C)=c1\cccc\c1=C\C=C. The number of hydrogen-bond donors (Lipinski definition) is 0. The van der Waals surface area contributed by atoms with Crippen LogP contribution in [-0.4, -0.2) is 7.85 Å². The lowest BCUT2D eigenvalue weighted by molar-refractivity contribution is 1.52. The molecule has 0 N–H and O–H groups in total. The number of hydrogen-bond acceptors (Lipinski definition) is 0. The summed E-state index contributed by atoms with van der Waals surface area (Å²) >= 11 is 0. The minimum absolute atomic E-state index is 1.19. The Hall–Kier alpha value is -1.50. The smallest absolute Gasteiger partial charge is 0.0996 e. The van der Waals surface area contributed by atoms with Gasteiger partial charge in [-0.1, -0.05) is 61.1 Å². The molecule has 0 nitrogen and oxygen atoms in total. The molecule has 0 amide bonds. The van der Waals surface area contributed by atoms with E-state index in [-0.39, 0.29) is 0 Å². The molecule has 0 fully saturated rings. The van der Waals surface area contributed by atoms with Gasteiger partial charge in [-0.05, 0) is 10.4 Å². The van der Waals surface area contributed by atoms with Gasteiger partial charge in [-0.25, -0.2) is 0 Å². The van der Waals surface area contributed by atoms with Gasteiger partial charge in [0.25, 0.3) is 0 Å². The summed E-state index contributed by atoms with van der Waals surface area (Å²) in [5.41, 5.74) is 1.19. The minimum Gasteiger partial charge on any atom is -0.0996 e. The molecule has 0 unspecified atom stereocenters.